The van der Waals surface area contributed by atoms with Crippen molar-refractivity contribution in [3.05, 3.63) is 11.1 Å². The molecule has 6 heteroatoms. The van der Waals surface area contributed by atoms with Crippen LogP contribution in [0.15, 0.2) is 0 Å². The molecule has 0 radical (unpaired) electrons. The van der Waals surface area contributed by atoms with E-state index in [1.165, 1.54) is 0 Å². The number of hydrogen-bond donors (Lipinski definition) is 1. The molecule has 0 saturated heterocycles. The molecule has 0 bridgehead atoms. The van der Waals surface area contributed by atoms with E-state index in [0.29, 0.717) is 5.95 Å². The van der Waals surface area contributed by atoms with Crippen molar-refractivity contribution in [3.63, 3.8) is 0 Å². The summed E-state index contributed by atoms with van der Waals surface area (Å²) < 4.78 is 1.61. The van der Waals surface area contributed by atoms with E-state index in [1.54, 1.807) is 4.52 Å². The number of nitrogen functional groups attached to an aromatic ring is 1. The van der Waals surface area contributed by atoms with E-state index in [9.17, 15) is 0 Å². The van der Waals surface area contributed by atoms with Gasteiger partial charge in [0.15, 0.2) is 11.5 Å². The number of fused-ring (bicyclic) bond motifs is 1. The van der Waals surface area contributed by atoms with Crippen LogP contribution in [0.1, 0.15) is 25.0 Å². The van der Waals surface area contributed by atoms with Crippen LogP contribution in [0.3, 0.4) is 0 Å². The normalized spacial score (nSPS) is 11.1. The van der Waals surface area contributed by atoms with Crippen molar-refractivity contribution in [2.45, 2.75) is 27.7 Å². The van der Waals surface area contributed by atoms with Crippen LogP contribution in [0.5, 0.6) is 0 Å². The molecule has 0 saturated carbocycles. The first-order chi connectivity index (χ1) is 8.10. The van der Waals surface area contributed by atoms with Crippen LogP contribution < -0.4 is 10.6 Å². The summed E-state index contributed by atoms with van der Waals surface area (Å²) >= 11 is 0. The Labute approximate surface area is 100 Å². The number of rotatable bonds is 3. The van der Waals surface area contributed by atoms with Gasteiger partial charge < -0.3 is 10.6 Å². The van der Waals surface area contributed by atoms with Gasteiger partial charge in [-0.2, -0.15) is 4.52 Å². The molecule has 17 heavy (non-hydrogen) atoms. The van der Waals surface area contributed by atoms with E-state index >= 15 is 0 Å². The Morgan fingerprint density at radius 1 is 1.12 bits per heavy atom. The van der Waals surface area contributed by atoms with Crippen molar-refractivity contribution in [1.82, 2.24) is 19.8 Å². The van der Waals surface area contributed by atoms with Crippen LogP contribution in [0.2, 0.25) is 0 Å². The molecule has 0 amide bonds. The van der Waals surface area contributed by atoms with Gasteiger partial charge >= 0.3 is 0 Å². The van der Waals surface area contributed by atoms with Gasteiger partial charge in [0.1, 0.15) is 0 Å². The number of anilines is 2. The molecule has 2 heterocycles. The average molecular weight is 234 g/mol. The lowest BCUT2D eigenvalue weighted by atomic mass is 10.2. The molecule has 2 aromatic heterocycles. The minimum Gasteiger partial charge on any atom is -0.366 e. The molecule has 0 aliphatic rings. The summed E-state index contributed by atoms with van der Waals surface area (Å²) in [5.74, 6) is 1.28. The molecule has 6 nitrogen and oxygen atoms in total. The number of aryl methyl sites for hydroxylation is 1. The molecule has 0 unspecified atom stereocenters. The van der Waals surface area contributed by atoms with Gasteiger partial charge in [-0.05, 0) is 27.7 Å². The highest BCUT2D eigenvalue weighted by molar-refractivity contribution is 5.60. The zero-order valence-electron chi connectivity index (χ0n) is 10.7. The molecular weight excluding hydrogens is 216 g/mol. The molecule has 2 aromatic rings. The van der Waals surface area contributed by atoms with Crippen LogP contribution in [0, 0.1) is 13.8 Å². The zero-order chi connectivity index (χ0) is 12.6. The van der Waals surface area contributed by atoms with E-state index in [1.807, 2.05) is 6.92 Å². The third-order valence-electron chi connectivity index (χ3n) is 3.16. The molecule has 2 N–H and O–H groups in total. The van der Waals surface area contributed by atoms with Crippen molar-refractivity contribution in [2.24, 2.45) is 0 Å². The Kier molecular flexibility index (Phi) is 2.87. The summed E-state index contributed by atoms with van der Waals surface area (Å²) in [6.07, 6.45) is 0. The van der Waals surface area contributed by atoms with Crippen LogP contribution in [-0.2, 0) is 0 Å². The zero-order valence-corrected chi connectivity index (χ0v) is 10.7. The molecule has 0 fully saturated rings. The molecule has 2 rings (SSSR count). The molecule has 0 aromatic carbocycles. The van der Waals surface area contributed by atoms with Crippen LogP contribution in [0.4, 0.5) is 11.8 Å². The predicted octanol–water partition coefficient (Wildman–Crippen LogP) is 1.17. The minimum atomic E-state index is 0.330. The van der Waals surface area contributed by atoms with E-state index in [-0.39, 0.29) is 0 Å². The number of nitrogens with zero attached hydrogens (tertiary/aromatic N) is 5. The van der Waals surface area contributed by atoms with E-state index in [4.69, 9.17) is 5.73 Å². The number of nitrogens with two attached hydrogens (primary N) is 1. The van der Waals surface area contributed by atoms with Crippen LogP contribution >= 0.6 is 0 Å². The topological polar surface area (TPSA) is 72.3 Å². The predicted molar refractivity (Wildman–Crippen MR) is 68.2 cm³/mol. The van der Waals surface area contributed by atoms with Gasteiger partial charge in [0, 0.05) is 24.2 Å². The SMILES string of the molecule is CCN(CC)c1nn2c(N)nnc2c(C)c1C. The summed E-state index contributed by atoms with van der Waals surface area (Å²) in [6, 6.07) is 0. The maximum absolute atomic E-state index is 5.76. The summed E-state index contributed by atoms with van der Waals surface area (Å²) in [4.78, 5) is 2.20. The van der Waals surface area contributed by atoms with Gasteiger partial charge in [0.2, 0.25) is 5.95 Å². The second kappa shape index (κ2) is 4.20. The Bertz CT molecular complexity index is 540. The first kappa shape index (κ1) is 11.6. The first-order valence-electron chi connectivity index (χ1n) is 5.83. The summed E-state index contributed by atoms with van der Waals surface area (Å²) in [7, 11) is 0. The maximum atomic E-state index is 5.76. The largest absolute Gasteiger partial charge is 0.366 e. The Hall–Kier alpha value is -1.85. The average Bonchev–Trinajstić information content (AvgIpc) is 2.69. The molecule has 0 aliphatic carbocycles. The lowest BCUT2D eigenvalue weighted by molar-refractivity contribution is 0.800. The maximum Gasteiger partial charge on any atom is 0.243 e. The van der Waals surface area contributed by atoms with E-state index in [2.05, 4.69) is 41.0 Å². The lowest BCUT2D eigenvalue weighted by Gasteiger charge is -2.22. The van der Waals surface area contributed by atoms with Crippen molar-refractivity contribution in [3.8, 4) is 0 Å². The fourth-order valence-corrected chi connectivity index (χ4v) is 1.95. The molecule has 0 atom stereocenters. The molecule has 92 valence electrons. The fraction of sp³-hybridized carbons (Fsp3) is 0.545. The third-order valence-corrected chi connectivity index (χ3v) is 3.16. The van der Waals surface area contributed by atoms with E-state index in [0.717, 1.165) is 35.7 Å². The van der Waals surface area contributed by atoms with Crippen molar-refractivity contribution in [1.29, 1.82) is 0 Å². The van der Waals surface area contributed by atoms with Crippen molar-refractivity contribution < 1.29 is 0 Å². The van der Waals surface area contributed by atoms with Gasteiger partial charge in [-0.1, -0.05) is 0 Å². The highest BCUT2D eigenvalue weighted by atomic mass is 15.4. The highest BCUT2D eigenvalue weighted by Crippen LogP contribution is 2.23. The Balaban J connectivity index is 2.71. The smallest absolute Gasteiger partial charge is 0.243 e. The van der Waals surface area contributed by atoms with Gasteiger partial charge in [0.05, 0.1) is 0 Å². The molecule has 0 spiro atoms. The van der Waals surface area contributed by atoms with Gasteiger partial charge in [-0.3, -0.25) is 0 Å². The van der Waals surface area contributed by atoms with E-state index < -0.39 is 0 Å². The fourth-order valence-electron chi connectivity index (χ4n) is 1.95. The van der Waals surface area contributed by atoms with Crippen LogP contribution in [-0.4, -0.2) is 32.9 Å². The Morgan fingerprint density at radius 2 is 1.76 bits per heavy atom. The molecule has 0 aliphatic heterocycles. The third kappa shape index (κ3) is 1.69. The quantitative estimate of drug-likeness (QED) is 0.863. The summed E-state index contributed by atoms with van der Waals surface area (Å²) in [5.41, 5.74) is 8.70. The monoisotopic (exact) mass is 234 g/mol. The Morgan fingerprint density at radius 3 is 2.35 bits per heavy atom. The van der Waals surface area contributed by atoms with Crippen molar-refractivity contribution in [2.75, 3.05) is 23.7 Å². The van der Waals surface area contributed by atoms with Gasteiger partial charge in [0.25, 0.3) is 0 Å². The van der Waals surface area contributed by atoms with Gasteiger partial charge in [-0.25, -0.2) is 0 Å². The van der Waals surface area contributed by atoms with Crippen LogP contribution in [0.25, 0.3) is 5.65 Å². The number of aromatic nitrogens is 4. The van der Waals surface area contributed by atoms with Gasteiger partial charge in [-0.15, -0.1) is 15.3 Å². The first-order valence-corrected chi connectivity index (χ1v) is 5.83. The highest BCUT2D eigenvalue weighted by Gasteiger charge is 2.15. The lowest BCUT2D eigenvalue weighted by Crippen LogP contribution is -2.25. The number of hydrogen-bond acceptors (Lipinski definition) is 5. The minimum absolute atomic E-state index is 0.330. The second-order valence-corrected chi connectivity index (χ2v) is 4.04. The summed E-state index contributed by atoms with van der Waals surface area (Å²) in [5, 5.41) is 12.4. The van der Waals surface area contributed by atoms with Crippen molar-refractivity contribution >= 4 is 17.4 Å². The standard InChI is InChI=1S/C11H18N6/c1-5-16(6-2)10-8(4)7(3)9-13-14-11(12)17(9)15-10/h5-6H2,1-4H3,(H2,12,14). The molecular formula is C11H18N6. The second-order valence-electron chi connectivity index (χ2n) is 4.04. The summed E-state index contributed by atoms with van der Waals surface area (Å²) in [6.45, 7) is 10.1.